The highest BCUT2D eigenvalue weighted by atomic mass is 16.5. The average Bonchev–Trinajstić information content (AvgIpc) is 2.72. The molecule has 0 unspecified atom stereocenters. The lowest BCUT2D eigenvalue weighted by Gasteiger charge is -2.05. The number of hydrogen-bond donors (Lipinski definition) is 0. The van der Waals surface area contributed by atoms with Crippen LogP contribution in [0, 0.1) is 0 Å². The van der Waals surface area contributed by atoms with Crippen LogP contribution in [0.4, 0.5) is 0 Å². The summed E-state index contributed by atoms with van der Waals surface area (Å²) in [5.41, 5.74) is 4.34. The van der Waals surface area contributed by atoms with E-state index in [1.807, 2.05) is 6.08 Å². The molecule has 0 amide bonds. The number of benzene rings is 1. The van der Waals surface area contributed by atoms with Gasteiger partial charge in [-0.15, -0.1) is 0 Å². The summed E-state index contributed by atoms with van der Waals surface area (Å²) in [4.78, 5) is 10.6. The van der Waals surface area contributed by atoms with Gasteiger partial charge in [-0.2, -0.15) is 0 Å². The number of carbonyl (C=O) groups is 1. The van der Waals surface area contributed by atoms with Gasteiger partial charge in [0.15, 0.2) is 0 Å². The minimum Gasteiger partial charge on any atom is -0.435 e. The number of ether oxygens (including phenoxy) is 1. The molecule has 0 N–H and O–H groups in total. The molecule has 1 aliphatic carbocycles. The third-order valence-electron chi connectivity index (χ3n) is 2.91. The first-order chi connectivity index (χ1) is 7.77. The predicted octanol–water partition coefficient (Wildman–Crippen LogP) is 2.79. The Morgan fingerprint density at radius 3 is 3.12 bits per heavy atom. The number of rotatable bonds is 3. The van der Waals surface area contributed by atoms with E-state index < -0.39 is 0 Å². The molecule has 0 bridgehead atoms. The molecule has 16 heavy (non-hydrogen) atoms. The van der Waals surface area contributed by atoms with Crippen molar-refractivity contribution in [2.45, 2.75) is 32.6 Å². The summed E-state index contributed by atoms with van der Waals surface area (Å²) in [6.45, 7) is 1.41. The summed E-state index contributed by atoms with van der Waals surface area (Å²) in [7, 11) is 0. The Kier molecular flexibility index (Phi) is 3.40. The van der Waals surface area contributed by atoms with Gasteiger partial charge < -0.3 is 4.74 Å². The largest absolute Gasteiger partial charge is 0.435 e. The molecule has 0 saturated carbocycles. The van der Waals surface area contributed by atoms with E-state index >= 15 is 0 Å². The van der Waals surface area contributed by atoms with E-state index in [0.29, 0.717) is 0 Å². The SMILES string of the molecule is CC(=O)OC=CCc1cccc2c1CCC2. The van der Waals surface area contributed by atoms with Gasteiger partial charge in [-0.25, -0.2) is 0 Å². The summed E-state index contributed by atoms with van der Waals surface area (Å²) in [5.74, 6) is -0.269. The fraction of sp³-hybridized carbons (Fsp3) is 0.357. The van der Waals surface area contributed by atoms with E-state index in [-0.39, 0.29) is 5.97 Å². The van der Waals surface area contributed by atoms with Crippen molar-refractivity contribution in [3.63, 3.8) is 0 Å². The highest BCUT2D eigenvalue weighted by Gasteiger charge is 2.12. The Morgan fingerprint density at radius 2 is 2.31 bits per heavy atom. The van der Waals surface area contributed by atoms with Crippen LogP contribution in [0.1, 0.15) is 30.0 Å². The van der Waals surface area contributed by atoms with Gasteiger partial charge in [-0.1, -0.05) is 18.2 Å². The van der Waals surface area contributed by atoms with E-state index in [1.165, 1.54) is 49.1 Å². The Morgan fingerprint density at radius 1 is 1.44 bits per heavy atom. The lowest BCUT2D eigenvalue weighted by molar-refractivity contribution is -0.135. The second-order valence-corrected chi connectivity index (χ2v) is 4.09. The summed E-state index contributed by atoms with van der Waals surface area (Å²) in [6.07, 6.45) is 7.88. The van der Waals surface area contributed by atoms with Crippen LogP contribution in [0.3, 0.4) is 0 Å². The molecular formula is C14H16O2. The first-order valence-electron chi connectivity index (χ1n) is 5.69. The third-order valence-corrected chi connectivity index (χ3v) is 2.91. The molecule has 2 heteroatoms. The van der Waals surface area contributed by atoms with Crippen LogP contribution >= 0.6 is 0 Å². The molecule has 1 aromatic carbocycles. The van der Waals surface area contributed by atoms with Crippen LogP contribution in [-0.4, -0.2) is 5.97 Å². The zero-order valence-corrected chi connectivity index (χ0v) is 9.53. The van der Waals surface area contributed by atoms with Crippen LogP contribution in [-0.2, 0) is 28.8 Å². The summed E-state index contributed by atoms with van der Waals surface area (Å²) in [5, 5.41) is 0. The van der Waals surface area contributed by atoms with Gasteiger partial charge in [0.1, 0.15) is 0 Å². The summed E-state index contributed by atoms with van der Waals surface area (Å²) < 4.78 is 4.76. The molecule has 1 aliphatic rings. The fourth-order valence-electron chi connectivity index (χ4n) is 2.21. The third kappa shape index (κ3) is 2.51. The quantitative estimate of drug-likeness (QED) is 0.573. The van der Waals surface area contributed by atoms with Crippen molar-refractivity contribution in [1.29, 1.82) is 0 Å². The van der Waals surface area contributed by atoms with Gasteiger partial charge in [0.2, 0.25) is 0 Å². The van der Waals surface area contributed by atoms with Crippen LogP contribution in [0.5, 0.6) is 0 Å². The van der Waals surface area contributed by atoms with Crippen molar-refractivity contribution in [2.24, 2.45) is 0 Å². The maximum atomic E-state index is 10.6. The fourth-order valence-corrected chi connectivity index (χ4v) is 2.21. The maximum absolute atomic E-state index is 10.6. The second kappa shape index (κ2) is 4.97. The minimum absolute atomic E-state index is 0.269. The van der Waals surface area contributed by atoms with Crippen molar-refractivity contribution in [1.82, 2.24) is 0 Å². The number of carbonyl (C=O) groups excluding carboxylic acids is 1. The Balaban J connectivity index is 2.02. The zero-order chi connectivity index (χ0) is 11.4. The van der Waals surface area contributed by atoms with Crippen LogP contribution in [0.25, 0.3) is 0 Å². The van der Waals surface area contributed by atoms with Gasteiger partial charge in [0.05, 0.1) is 6.26 Å². The molecule has 0 fully saturated rings. The Hall–Kier alpha value is -1.57. The molecule has 84 valence electrons. The van der Waals surface area contributed by atoms with Gasteiger partial charge in [0.25, 0.3) is 0 Å². The first-order valence-corrected chi connectivity index (χ1v) is 5.69. The van der Waals surface area contributed by atoms with Crippen molar-refractivity contribution >= 4 is 5.97 Å². The zero-order valence-electron chi connectivity index (χ0n) is 9.53. The molecule has 0 spiro atoms. The molecule has 2 nitrogen and oxygen atoms in total. The van der Waals surface area contributed by atoms with Crippen LogP contribution in [0.2, 0.25) is 0 Å². The standard InChI is InChI=1S/C14H16O2/c1-11(15)16-10-4-8-13-6-2-5-12-7-3-9-14(12)13/h2,4-6,10H,3,7-9H2,1H3. The van der Waals surface area contributed by atoms with Crippen LogP contribution in [0.15, 0.2) is 30.5 Å². The molecule has 0 heterocycles. The van der Waals surface area contributed by atoms with Crippen molar-refractivity contribution in [3.05, 3.63) is 47.2 Å². The molecule has 0 atom stereocenters. The number of esters is 1. The molecule has 0 aliphatic heterocycles. The molecule has 0 saturated heterocycles. The van der Waals surface area contributed by atoms with Crippen molar-refractivity contribution in [2.75, 3.05) is 0 Å². The molecule has 2 rings (SSSR count). The van der Waals surface area contributed by atoms with E-state index in [4.69, 9.17) is 4.74 Å². The van der Waals surface area contributed by atoms with Crippen molar-refractivity contribution < 1.29 is 9.53 Å². The lowest BCUT2D eigenvalue weighted by atomic mass is 10.0. The minimum atomic E-state index is -0.269. The monoisotopic (exact) mass is 216 g/mol. The second-order valence-electron chi connectivity index (χ2n) is 4.09. The molecule has 0 radical (unpaired) electrons. The number of fused-ring (bicyclic) bond motifs is 1. The van der Waals surface area contributed by atoms with Crippen molar-refractivity contribution in [3.8, 4) is 0 Å². The van der Waals surface area contributed by atoms with E-state index in [2.05, 4.69) is 18.2 Å². The topological polar surface area (TPSA) is 26.3 Å². The first kappa shape index (κ1) is 10.9. The highest BCUT2D eigenvalue weighted by molar-refractivity contribution is 5.66. The summed E-state index contributed by atoms with van der Waals surface area (Å²) in [6, 6.07) is 6.48. The van der Waals surface area contributed by atoms with Crippen LogP contribution < -0.4 is 0 Å². The Bertz CT molecular complexity index is 419. The number of allylic oxidation sites excluding steroid dienone is 1. The highest BCUT2D eigenvalue weighted by Crippen LogP contribution is 2.25. The van der Waals surface area contributed by atoms with E-state index in [9.17, 15) is 4.79 Å². The maximum Gasteiger partial charge on any atom is 0.307 e. The van der Waals surface area contributed by atoms with Gasteiger partial charge in [0, 0.05) is 6.92 Å². The lowest BCUT2D eigenvalue weighted by Crippen LogP contribution is -1.93. The molecule has 0 aromatic heterocycles. The van der Waals surface area contributed by atoms with Gasteiger partial charge in [-0.3, -0.25) is 4.79 Å². The molecular weight excluding hydrogens is 200 g/mol. The smallest absolute Gasteiger partial charge is 0.307 e. The van der Waals surface area contributed by atoms with E-state index in [1.54, 1.807) is 0 Å². The Labute approximate surface area is 95.9 Å². The average molecular weight is 216 g/mol. The van der Waals surface area contributed by atoms with Gasteiger partial charge >= 0.3 is 5.97 Å². The summed E-state index contributed by atoms with van der Waals surface area (Å²) >= 11 is 0. The van der Waals surface area contributed by atoms with E-state index in [0.717, 1.165) is 6.42 Å². The number of hydrogen-bond acceptors (Lipinski definition) is 2. The number of aryl methyl sites for hydroxylation is 1. The van der Waals surface area contributed by atoms with Gasteiger partial charge in [-0.05, 0) is 48.4 Å². The molecule has 1 aromatic rings. The predicted molar refractivity (Wildman–Crippen MR) is 63.1 cm³/mol. The normalized spacial score (nSPS) is 14.1.